The lowest BCUT2D eigenvalue weighted by Gasteiger charge is -2.22. The fraction of sp³-hybridized carbons (Fsp3) is 0.500. The van der Waals surface area contributed by atoms with Crippen LogP contribution < -0.4 is 10.7 Å². The van der Waals surface area contributed by atoms with E-state index in [4.69, 9.17) is 4.74 Å². The molecule has 1 N–H and O–H groups in total. The number of nitrogens with one attached hydrogen (secondary N) is 1. The Morgan fingerprint density at radius 2 is 2.23 bits per heavy atom. The topological polar surface area (TPSA) is 56.2 Å². The number of nitrogens with zero attached hydrogens (tertiary/aromatic N) is 2. The van der Waals surface area contributed by atoms with Gasteiger partial charge in [0.1, 0.15) is 5.65 Å². The quantitative estimate of drug-likeness (QED) is 0.784. The van der Waals surface area contributed by atoms with Crippen molar-refractivity contribution in [3.8, 4) is 0 Å². The first-order valence-electron chi connectivity index (χ1n) is 7.69. The number of aryl methyl sites for hydroxylation is 1. The van der Waals surface area contributed by atoms with Crippen molar-refractivity contribution < 1.29 is 4.74 Å². The third kappa shape index (κ3) is 3.27. The molecule has 0 aliphatic carbocycles. The first-order chi connectivity index (χ1) is 10.7. The van der Waals surface area contributed by atoms with Crippen molar-refractivity contribution in [2.45, 2.75) is 26.3 Å². The summed E-state index contributed by atoms with van der Waals surface area (Å²) in [7, 11) is 0. The molecule has 22 heavy (non-hydrogen) atoms. The van der Waals surface area contributed by atoms with Crippen molar-refractivity contribution in [2.24, 2.45) is 5.92 Å². The maximum Gasteiger partial charge on any atom is 0.204 e. The Morgan fingerprint density at radius 1 is 1.45 bits per heavy atom. The summed E-state index contributed by atoms with van der Waals surface area (Å²) in [5.41, 5.74) is 1.73. The maximum atomic E-state index is 12.3. The smallest absolute Gasteiger partial charge is 0.204 e. The van der Waals surface area contributed by atoms with E-state index >= 15 is 0 Å². The van der Waals surface area contributed by atoms with Gasteiger partial charge in [-0.3, -0.25) is 4.79 Å². The molecule has 0 unspecified atom stereocenters. The van der Waals surface area contributed by atoms with E-state index in [0.29, 0.717) is 11.3 Å². The average Bonchev–Trinajstić information content (AvgIpc) is 2.57. The second-order valence-corrected chi connectivity index (χ2v) is 6.79. The Hall–Kier alpha value is -1.15. The molecule has 0 atom stereocenters. The van der Waals surface area contributed by atoms with Gasteiger partial charge in [0.15, 0.2) is 0 Å². The summed E-state index contributed by atoms with van der Waals surface area (Å²) in [6, 6.07) is 1.93. The Bertz CT molecular complexity index is 723. The highest BCUT2D eigenvalue weighted by atomic mass is 127. The molecule has 1 fully saturated rings. The third-order valence-corrected chi connectivity index (χ3v) is 4.91. The predicted molar refractivity (Wildman–Crippen MR) is 96.4 cm³/mol. The molecule has 0 amide bonds. The van der Waals surface area contributed by atoms with E-state index < -0.39 is 0 Å². The molecule has 0 radical (unpaired) electrons. The van der Waals surface area contributed by atoms with E-state index in [9.17, 15) is 4.79 Å². The van der Waals surface area contributed by atoms with E-state index in [1.165, 1.54) is 0 Å². The predicted octanol–water partition coefficient (Wildman–Crippen LogP) is 2.86. The minimum Gasteiger partial charge on any atom is -0.383 e. The number of pyridine rings is 2. The molecule has 5 nitrogen and oxygen atoms in total. The van der Waals surface area contributed by atoms with Crippen LogP contribution in [0.2, 0.25) is 0 Å². The van der Waals surface area contributed by atoms with Crippen LogP contribution in [0.5, 0.6) is 0 Å². The van der Waals surface area contributed by atoms with Gasteiger partial charge in [-0.1, -0.05) is 0 Å². The maximum absolute atomic E-state index is 12.3. The van der Waals surface area contributed by atoms with E-state index in [2.05, 4.69) is 39.8 Å². The van der Waals surface area contributed by atoms with Crippen molar-refractivity contribution in [3.05, 3.63) is 32.3 Å². The Balaban J connectivity index is 1.85. The summed E-state index contributed by atoms with van der Waals surface area (Å²) >= 11 is 2.09. The van der Waals surface area contributed by atoms with Crippen LogP contribution in [0.3, 0.4) is 0 Å². The van der Waals surface area contributed by atoms with Crippen LogP contribution in [-0.2, 0) is 11.3 Å². The molecule has 1 saturated heterocycles. The van der Waals surface area contributed by atoms with Crippen LogP contribution in [-0.4, -0.2) is 29.3 Å². The van der Waals surface area contributed by atoms with Crippen molar-refractivity contribution in [3.63, 3.8) is 0 Å². The minimum atomic E-state index is 0.0579. The van der Waals surface area contributed by atoms with Gasteiger partial charge in [0.05, 0.1) is 20.8 Å². The second-order valence-electron chi connectivity index (χ2n) is 5.62. The summed E-state index contributed by atoms with van der Waals surface area (Å²) in [5.74, 6) is 0.632. The number of anilines is 1. The van der Waals surface area contributed by atoms with Crippen LogP contribution in [0.1, 0.15) is 19.8 Å². The minimum absolute atomic E-state index is 0.0579. The van der Waals surface area contributed by atoms with Gasteiger partial charge in [0, 0.05) is 32.5 Å². The summed E-state index contributed by atoms with van der Waals surface area (Å²) in [4.78, 5) is 16.8. The van der Waals surface area contributed by atoms with Gasteiger partial charge in [-0.15, -0.1) is 0 Å². The Kier molecular flexibility index (Phi) is 4.97. The largest absolute Gasteiger partial charge is 0.383 e. The molecule has 118 valence electrons. The summed E-state index contributed by atoms with van der Waals surface area (Å²) in [6.45, 7) is 5.46. The van der Waals surface area contributed by atoms with Gasteiger partial charge in [-0.25, -0.2) is 4.98 Å². The van der Waals surface area contributed by atoms with Crippen molar-refractivity contribution >= 4 is 39.3 Å². The van der Waals surface area contributed by atoms with Crippen molar-refractivity contribution in [2.75, 3.05) is 25.1 Å². The number of ether oxygens (including phenoxy) is 1. The molecule has 3 heterocycles. The van der Waals surface area contributed by atoms with Gasteiger partial charge in [-0.05, 0) is 54.3 Å². The number of halogens is 1. The van der Waals surface area contributed by atoms with E-state index in [1.807, 2.05) is 23.0 Å². The number of fused-ring (bicyclic) bond motifs is 1. The van der Waals surface area contributed by atoms with Gasteiger partial charge in [-0.2, -0.15) is 0 Å². The highest BCUT2D eigenvalue weighted by molar-refractivity contribution is 14.1. The van der Waals surface area contributed by atoms with Crippen LogP contribution in [0.15, 0.2) is 23.3 Å². The van der Waals surface area contributed by atoms with Crippen molar-refractivity contribution in [1.29, 1.82) is 0 Å². The van der Waals surface area contributed by atoms with Gasteiger partial charge in [0.2, 0.25) is 5.43 Å². The molecule has 3 rings (SSSR count). The van der Waals surface area contributed by atoms with Crippen molar-refractivity contribution in [1.82, 2.24) is 9.55 Å². The summed E-state index contributed by atoms with van der Waals surface area (Å²) in [6.07, 6.45) is 5.87. The van der Waals surface area contributed by atoms with Gasteiger partial charge >= 0.3 is 0 Å². The lowest BCUT2D eigenvalue weighted by molar-refractivity contribution is 0.0699. The SMILES string of the molecule is CCn1cc(I)c(=O)c2cc(NCC3CCOCC3)cnc21. The van der Waals surface area contributed by atoms with Gasteiger partial charge < -0.3 is 14.6 Å². The van der Waals surface area contributed by atoms with Crippen LogP contribution in [0.4, 0.5) is 5.69 Å². The number of hydrogen-bond donors (Lipinski definition) is 1. The van der Waals surface area contributed by atoms with Crippen LogP contribution in [0.25, 0.3) is 11.0 Å². The highest BCUT2D eigenvalue weighted by Gasteiger charge is 2.14. The molecular weight excluding hydrogens is 393 g/mol. The molecule has 1 aliphatic rings. The fourth-order valence-corrected chi connectivity index (χ4v) is 3.42. The summed E-state index contributed by atoms with van der Waals surface area (Å²) < 4.78 is 8.13. The first-order valence-corrected chi connectivity index (χ1v) is 8.77. The van der Waals surface area contributed by atoms with Gasteiger partial charge in [0.25, 0.3) is 0 Å². The Morgan fingerprint density at radius 3 is 2.95 bits per heavy atom. The monoisotopic (exact) mass is 413 g/mol. The zero-order valence-electron chi connectivity index (χ0n) is 12.6. The molecule has 1 aliphatic heterocycles. The second kappa shape index (κ2) is 6.95. The van der Waals surface area contributed by atoms with Crippen LogP contribution >= 0.6 is 22.6 Å². The molecule has 0 saturated carbocycles. The Labute approximate surface area is 143 Å². The van der Waals surface area contributed by atoms with E-state index in [1.54, 1.807) is 0 Å². The highest BCUT2D eigenvalue weighted by Crippen LogP contribution is 2.18. The average molecular weight is 413 g/mol. The number of hydrogen-bond acceptors (Lipinski definition) is 4. The lowest BCUT2D eigenvalue weighted by atomic mass is 10.0. The summed E-state index contributed by atoms with van der Waals surface area (Å²) in [5, 5.41) is 4.11. The molecule has 0 bridgehead atoms. The molecule has 6 heteroatoms. The normalized spacial score (nSPS) is 16.1. The molecule has 2 aromatic rings. The molecular formula is C16H20IN3O2. The van der Waals surface area contributed by atoms with E-state index in [0.717, 1.165) is 54.0 Å². The first kappa shape index (κ1) is 15.7. The zero-order chi connectivity index (χ0) is 15.5. The third-order valence-electron chi connectivity index (χ3n) is 4.15. The standard InChI is InChI=1S/C16H20IN3O2/c1-2-20-10-14(17)15(21)13-7-12(9-19-16(13)20)18-8-11-3-5-22-6-4-11/h7,9-11,18H,2-6,8H2,1H3. The molecule has 0 aromatic carbocycles. The molecule has 2 aromatic heterocycles. The molecule has 0 spiro atoms. The lowest BCUT2D eigenvalue weighted by Crippen LogP contribution is -2.22. The number of aromatic nitrogens is 2. The number of rotatable bonds is 4. The fourth-order valence-electron chi connectivity index (χ4n) is 2.79. The zero-order valence-corrected chi connectivity index (χ0v) is 14.8. The van der Waals surface area contributed by atoms with E-state index in [-0.39, 0.29) is 5.43 Å². The van der Waals surface area contributed by atoms with Crippen LogP contribution in [0, 0.1) is 9.49 Å².